The van der Waals surface area contributed by atoms with E-state index in [0.717, 1.165) is 5.01 Å². The van der Waals surface area contributed by atoms with Crippen molar-refractivity contribution in [2.75, 3.05) is 0 Å². The Labute approximate surface area is 125 Å². The van der Waals surface area contributed by atoms with Crippen LogP contribution >= 0.6 is 12.2 Å². The molecule has 1 heterocycles. The molecule has 0 aromatic heterocycles. The summed E-state index contributed by atoms with van der Waals surface area (Å²) in [6, 6.07) is 5.14. The van der Waals surface area contributed by atoms with Crippen molar-refractivity contribution in [3.63, 3.8) is 0 Å². The molecule has 21 heavy (non-hydrogen) atoms. The maximum Gasteiger partial charge on any atom is 0.337 e. The molecule has 0 aliphatic carbocycles. The van der Waals surface area contributed by atoms with Crippen LogP contribution in [0.25, 0.3) is 0 Å². The third-order valence-electron chi connectivity index (χ3n) is 2.72. The first-order chi connectivity index (χ1) is 9.91. The Kier molecular flexibility index (Phi) is 4.03. The van der Waals surface area contributed by atoms with Crippen LogP contribution in [0, 0.1) is 0 Å². The molecule has 2 rings (SSSR count). The molecule has 1 aliphatic rings. The number of carbonyl (C=O) groups is 2. The number of rotatable bonds is 3. The summed E-state index contributed by atoms with van der Waals surface area (Å²) in [6.07, 6.45) is 0. The van der Waals surface area contributed by atoms with Gasteiger partial charge in [-0.25, -0.2) is 4.79 Å². The number of hydrogen-bond acceptors (Lipinski definition) is 6. The smallest absolute Gasteiger partial charge is 0.337 e. The summed E-state index contributed by atoms with van der Waals surface area (Å²) in [5.41, 5.74) is 5.89. The fraction of sp³-hybridized carbons (Fsp3) is 0.167. The molecule has 0 saturated heterocycles. The minimum atomic E-state index is -1.13. The van der Waals surface area contributed by atoms with Crippen molar-refractivity contribution in [1.29, 1.82) is 0 Å². The van der Waals surface area contributed by atoms with Gasteiger partial charge in [0.05, 0.1) is 17.0 Å². The van der Waals surface area contributed by atoms with Crippen LogP contribution in [0.3, 0.4) is 0 Å². The lowest BCUT2D eigenvalue weighted by Crippen LogP contribution is -2.37. The summed E-state index contributed by atoms with van der Waals surface area (Å²) in [6.45, 7) is 1.59. The molecule has 0 radical (unpaired) electrons. The van der Waals surface area contributed by atoms with Gasteiger partial charge < -0.3 is 10.8 Å². The molecule has 8 nitrogen and oxygen atoms in total. The van der Waals surface area contributed by atoms with E-state index < -0.39 is 17.9 Å². The maximum absolute atomic E-state index is 12.0. The van der Waals surface area contributed by atoms with Crippen LogP contribution in [0.1, 0.15) is 17.3 Å². The van der Waals surface area contributed by atoms with Crippen LogP contribution < -0.4 is 5.73 Å². The van der Waals surface area contributed by atoms with Crippen LogP contribution in [0.4, 0.5) is 5.69 Å². The highest BCUT2D eigenvalue weighted by atomic mass is 32.1. The normalized spacial score (nSPS) is 18.1. The van der Waals surface area contributed by atoms with Gasteiger partial charge in [0.15, 0.2) is 11.2 Å². The molecule has 1 atom stereocenters. The van der Waals surface area contributed by atoms with Crippen molar-refractivity contribution in [3.05, 3.63) is 29.8 Å². The molecule has 1 aliphatic heterocycles. The second-order valence-electron chi connectivity index (χ2n) is 4.17. The first kappa shape index (κ1) is 14.7. The Morgan fingerprint density at radius 2 is 2.14 bits per heavy atom. The van der Waals surface area contributed by atoms with E-state index in [1.54, 1.807) is 19.1 Å². The van der Waals surface area contributed by atoms with Crippen molar-refractivity contribution in [3.8, 4) is 0 Å². The molecule has 1 aromatic carbocycles. The molecule has 0 bridgehead atoms. The third kappa shape index (κ3) is 2.92. The number of hydrazone groups is 1. The highest BCUT2D eigenvalue weighted by molar-refractivity contribution is 7.80. The molecular formula is C12H11N5O3S. The number of amides is 1. The zero-order valence-electron chi connectivity index (χ0n) is 10.9. The van der Waals surface area contributed by atoms with E-state index in [0.29, 0.717) is 5.71 Å². The Morgan fingerprint density at radius 3 is 2.71 bits per heavy atom. The van der Waals surface area contributed by atoms with E-state index in [1.165, 1.54) is 12.1 Å². The van der Waals surface area contributed by atoms with Gasteiger partial charge in [-0.05, 0) is 31.3 Å². The summed E-state index contributed by atoms with van der Waals surface area (Å²) in [7, 11) is 0. The van der Waals surface area contributed by atoms with E-state index in [2.05, 4.69) is 15.3 Å². The van der Waals surface area contributed by atoms with Crippen LogP contribution in [-0.4, -0.2) is 38.9 Å². The number of hydrogen-bond donors (Lipinski definition) is 2. The van der Waals surface area contributed by atoms with Crippen LogP contribution in [0.15, 0.2) is 39.6 Å². The molecule has 0 spiro atoms. The highest BCUT2D eigenvalue weighted by Gasteiger charge is 2.35. The Hall–Kier alpha value is -2.68. The molecule has 3 N–H and O–H groups in total. The molecule has 0 fully saturated rings. The SMILES string of the molecule is CC1=NN(C(N)=S)C(=O)[C@H]1N=Nc1ccccc1C(=O)O. The van der Waals surface area contributed by atoms with Gasteiger partial charge in [0, 0.05) is 0 Å². The zero-order chi connectivity index (χ0) is 15.6. The average Bonchev–Trinajstić information content (AvgIpc) is 2.72. The van der Waals surface area contributed by atoms with E-state index in [1.807, 2.05) is 0 Å². The molecule has 0 unspecified atom stereocenters. The maximum atomic E-state index is 12.0. The standard InChI is InChI=1S/C12H11N5O3S/c1-6-9(10(18)17(16-6)12(13)21)15-14-8-5-3-2-4-7(8)11(19)20/h2-5,9H,1H3,(H2,13,21)(H,19,20)/t9-/m0/s1. The lowest BCUT2D eigenvalue weighted by atomic mass is 10.2. The molecule has 108 valence electrons. The summed E-state index contributed by atoms with van der Waals surface area (Å²) < 4.78 is 0. The zero-order valence-corrected chi connectivity index (χ0v) is 11.7. The number of aromatic carboxylic acids is 1. The average molecular weight is 305 g/mol. The number of azo groups is 1. The van der Waals surface area contributed by atoms with Crippen LogP contribution in [0.2, 0.25) is 0 Å². The fourth-order valence-corrected chi connectivity index (χ4v) is 1.84. The molecule has 0 saturated carbocycles. The van der Waals surface area contributed by atoms with Gasteiger partial charge in [-0.2, -0.15) is 20.3 Å². The van der Waals surface area contributed by atoms with E-state index in [9.17, 15) is 9.59 Å². The second-order valence-corrected chi connectivity index (χ2v) is 4.59. The molecule has 9 heteroatoms. The number of carbonyl (C=O) groups excluding carboxylic acids is 1. The number of carboxylic acids is 1. The van der Waals surface area contributed by atoms with Crippen molar-refractivity contribution in [1.82, 2.24) is 5.01 Å². The largest absolute Gasteiger partial charge is 0.478 e. The quantitative estimate of drug-likeness (QED) is 0.644. The number of nitrogens with two attached hydrogens (primary N) is 1. The van der Waals surface area contributed by atoms with Crippen molar-refractivity contribution in [2.24, 2.45) is 21.1 Å². The molecular weight excluding hydrogens is 294 g/mol. The lowest BCUT2D eigenvalue weighted by Gasteiger charge is -2.08. The monoisotopic (exact) mass is 305 g/mol. The van der Waals surface area contributed by atoms with E-state index in [-0.39, 0.29) is 16.4 Å². The fourth-order valence-electron chi connectivity index (χ4n) is 1.71. The molecule has 1 amide bonds. The van der Waals surface area contributed by atoms with E-state index >= 15 is 0 Å². The second kappa shape index (κ2) is 5.75. The van der Waals surface area contributed by atoms with Gasteiger partial charge in [0.2, 0.25) is 0 Å². The lowest BCUT2D eigenvalue weighted by molar-refractivity contribution is -0.126. The minimum absolute atomic E-state index is 0.00695. The van der Waals surface area contributed by atoms with Gasteiger partial charge in [-0.1, -0.05) is 12.1 Å². The third-order valence-corrected chi connectivity index (χ3v) is 2.89. The van der Waals surface area contributed by atoms with Gasteiger partial charge in [-0.3, -0.25) is 4.79 Å². The van der Waals surface area contributed by atoms with Crippen molar-refractivity contribution >= 4 is 40.6 Å². The van der Waals surface area contributed by atoms with Crippen molar-refractivity contribution in [2.45, 2.75) is 13.0 Å². The number of nitrogens with zero attached hydrogens (tertiary/aromatic N) is 4. The minimum Gasteiger partial charge on any atom is -0.478 e. The van der Waals surface area contributed by atoms with Gasteiger partial charge in [0.1, 0.15) is 0 Å². The van der Waals surface area contributed by atoms with Gasteiger partial charge in [0.25, 0.3) is 5.91 Å². The van der Waals surface area contributed by atoms with Gasteiger partial charge >= 0.3 is 5.97 Å². The van der Waals surface area contributed by atoms with Crippen molar-refractivity contribution < 1.29 is 14.7 Å². The number of benzene rings is 1. The molecule has 1 aromatic rings. The summed E-state index contributed by atoms with van der Waals surface area (Å²) >= 11 is 4.70. The number of thiocarbonyl (C=S) groups is 1. The summed E-state index contributed by atoms with van der Waals surface area (Å²) in [5, 5.41) is 21.3. The predicted octanol–water partition coefficient (Wildman–Crippen LogP) is 1.30. The van der Waals surface area contributed by atoms with Crippen LogP contribution in [-0.2, 0) is 4.79 Å². The summed E-state index contributed by atoms with van der Waals surface area (Å²) in [5.74, 6) is -1.64. The van der Waals surface area contributed by atoms with Gasteiger partial charge in [-0.15, -0.1) is 0 Å². The highest BCUT2D eigenvalue weighted by Crippen LogP contribution is 2.21. The summed E-state index contributed by atoms with van der Waals surface area (Å²) in [4.78, 5) is 23.0. The first-order valence-corrected chi connectivity index (χ1v) is 6.24. The van der Waals surface area contributed by atoms with Crippen LogP contribution in [0.5, 0.6) is 0 Å². The Balaban J connectivity index is 2.27. The first-order valence-electron chi connectivity index (χ1n) is 5.83. The Bertz CT molecular complexity index is 685. The topological polar surface area (TPSA) is 121 Å². The Morgan fingerprint density at radius 1 is 1.48 bits per heavy atom. The predicted molar refractivity (Wildman–Crippen MR) is 78.4 cm³/mol. The number of carboxylic acid groups (broad SMARTS) is 1. The van der Waals surface area contributed by atoms with E-state index in [4.69, 9.17) is 23.1 Å².